The zero-order chi connectivity index (χ0) is 54.7. The molecule has 4 saturated heterocycles. The fraction of sp³-hybridized carbons (Fsp3) is 0.943. The van der Waals surface area contributed by atoms with Crippen molar-refractivity contribution in [2.45, 2.75) is 235 Å². The number of aliphatic hydroxyl groups excluding tert-OH is 13. The molecule has 4 aliphatic heterocycles. The lowest BCUT2D eigenvalue weighted by Gasteiger charge is -2.71. The van der Waals surface area contributed by atoms with Crippen LogP contribution >= 0.6 is 0 Å². The minimum Gasteiger partial charge on any atom is -0.432 e. The normalized spacial score (nSPS) is 54.8. The molecule has 0 aromatic rings. The van der Waals surface area contributed by atoms with E-state index in [0.717, 1.165) is 25.7 Å². The fourth-order valence-electron chi connectivity index (χ4n) is 16.1. The molecule has 0 aromatic carbocycles. The number of aliphatic hydroxyl groups is 13. The summed E-state index contributed by atoms with van der Waals surface area (Å²) in [4.78, 5) is 15.1. The maximum Gasteiger partial charge on any atom is 0.315 e. The Balaban J connectivity index is 0.898. The molecule has 4 saturated carbocycles. The fourth-order valence-corrected chi connectivity index (χ4v) is 16.1. The van der Waals surface area contributed by atoms with Crippen LogP contribution in [-0.4, -0.2) is 222 Å². The van der Waals surface area contributed by atoms with Crippen LogP contribution in [0.15, 0.2) is 11.6 Å². The molecule has 0 radical (unpaired) electrons. The van der Waals surface area contributed by atoms with Gasteiger partial charge in [-0.25, -0.2) is 0 Å². The lowest BCUT2D eigenvalue weighted by molar-refractivity contribution is -0.361. The number of carbonyl (C=O) groups excluding carboxylic acids is 1. The molecule has 28 atom stereocenters. The summed E-state index contributed by atoms with van der Waals surface area (Å²) < 4.78 is 47.0. The van der Waals surface area contributed by atoms with E-state index in [0.29, 0.717) is 38.5 Å². The monoisotopic (exact) mass is 1070 g/mol. The van der Waals surface area contributed by atoms with Crippen molar-refractivity contribution in [2.24, 2.45) is 50.2 Å². The first-order valence-electron chi connectivity index (χ1n) is 27.3. The summed E-state index contributed by atoms with van der Waals surface area (Å²) >= 11 is 0. The van der Waals surface area contributed by atoms with Gasteiger partial charge in [0.25, 0.3) is 0 Å². The van der Waals surface area contributed by atoms with Gasteiger partial charge in [-0.15, -0.1) is 0 Å². The van der Waals surface area contributed by atoms with Gasteiger partial charge in [0.15, 0.2) is 18.9 Å². The lowest BCUT2D eigenvalue weighted by atomic mass is 9.33. The van der Waals surface area contributed by atoms with Crippen molar-refractivity contribution in [1.82, 2.24) is 0 Å². The highest BCUT2D eigenvalue weighted by atomic mass is 16.8. The number of rotatable bonds is 11. The summed E-state index contributed by atoms with van der Waals surface area (Å²) in [6, 6.07) is 0. The first-order valence-corrected chi connectivity index (χ1v) is 27.3. The molecule has 9 aliphatic rings. The summed E-state index contributed by atoms with van der Waals surface area (Å²) in [5, 5.41) is 139. The number of ether oxygens (including phenoxy) is 8. The van der Waals surface area contributed by atoms with Gasteiger partial charge in [-0.2, -0.15) is 0 Å². The number of carbonyl (C=O) groups is 1. The van der Waals surface area contributed by atoms with E-state index < -0.39 is 153 Å². The third-order valence-corrected chi connectivity index (χ3v) is 21.1. The smallest absolute Gasteiger partial charge is 0.315 e. The molecule has 75 heavy (non-hydrogen) atoms. The SMILES string of the molecule is C[C@@H]1O[C@@H](O[C@H]2[C@H](O)[C@@H](O)C(OC[C@H]3O[C@@H](OC(=O)[C@]45CCC(C)(C)C[C@H]4C4=CCC6[C@@]7(C)CC[C@H](OC8OC[C@H](O)[C@H](O)[C@H]8O)[C@@](C)(CO)C7CC[C@@]6(C)C4(C)CC5)[C@H](O)[C@@H](O)[C@@H]3O)O[C@@H]2CO)[C@H](O)[C@H](O)[C@H]1O. The van der Waals surface area contributed by atoms with Crippen LogP contribution in [0.5, 0.6) is 0 Å². The Labute approximate surface area is 437 Å². The van der Waals surface area contributed by atoms with E-state index in [1.807, 2.05) is 6.92 Å². The average molecular weight is 1080 g/mol. The van der Waals surface area contributed by atoms with Gasteiger partial charge in [-0.3, -0.25) is 4.79 Å². The minimum atomic E-state index is -1.87. The largest absolute Gasteiger partial charge is 0.432 e. The summed E-state index contributed by atoms with van der Waals surface area (Å²) in [6.45, 7) is 13.2. The van der Waals surface area contributed by atoms with Crippen molar-refractivity contribution in [3.63, 3.8) is 0 Å². The van der Waals surface area contributed by atoms with Crippen LogP contribution in [0, 0.1) is 50.2 Å². The molecule has 22 heteroatoms. The van der Waals surface area contributed by atoms with Gasteiger partial charge in [0.1, 0.15) is 85.5 Å². The molecule has 0 bridgehead atoms. The highest BCUT2D eigenvalue weighted by Gasteiger charge is 2.70. The predicted molar refractivity (Wildman–Crippen MR) is 257 cm³/mol. The Morgan fingerprint density at radius 1 is 0.640 bits per heavy atom. The number of allylic oxidation sites excluding steroid dienone is 2. The molecule has 22 nitrogen and oxygen atoms in total. The molecule has 0 spiro atoms. The summed E-state index contributed by atoms with van der Waals surface area (Å²) in [6.07, 6.45) is -21.1. The first-order chi connectivity index (χ1) is 35.1. The molecule has 430 valence electrons. The first kappa shape index (κ1) is 58.1. The molecule has 5 aliphatic carbocycles. The molecule has 4 heterocycles. The number of hydrogen-bond donors (Lipinski definition) is 13. The Kier molecular flexibility index (Phi) is 16.3. The second kappa shape index (κ2) is 21.1. The minimum absolute atomic E-state index is 0.0319. The van der Waals surface area contributed by atoms with E-state index in [-0.39, 0.29) is 52.6 Å². The molecular weight excluding hydrogens is 989 g/mol. The van der Waals surface area contributed by atoms with Gasteiger partial charge in [-0.05, 0) is 111 Å². The summed E-state index contributed by atoms with van der Waals surface area (Å²) in [5.74, 6) is -0.615. The Bertz CT molecular complexity index is 2060. The molecular formula is C53H86O22. The number of hydrogen-bond acceptors (Lipinski definition) is 22. The molecule has 8 fully saturated rings. The van der Waals surface area contributed by atoms with Gasteiger partial charge in [0, 0.05) is 5.41 Å². The van der Waals surface area contributed by atoms with E-state index in [4.69, 9.17) is 37.9 Å². The average Bonchev–Trinajstić information content (AvgIpc) is 3.37. The van der Waals surface area contributed by atoms with Crippen molar-refractivity contribution in [3.8, 4) is 0 Å². The molecule has 5 unspecified atom stereocenters. The zero-order valence-electron chi connectivity index (χ0n) is 44.2. The van der Waals surface area contributed by atoms with Crippen LogP contribution in [-0.2, 0) is 42.7 Å². The van der Waals surface area contributed by atoms with E-state index in [1.165, 1.54) is 12.5 Å². The highest BCUT2D eigenvalue weighted by molar-refractivity contribution is 5.79. The predicted octanol–water partition coefficient (Wildman–Crippen LogP) is -1.40. The molecule has 0 aromatic heterocycles. The number of fused-ring (bicyclic) bond motifs is 7. The van der Waals surface area contributed by atoms with Crippen LogP contribution in [0.4, 0.5) is 0 Å². The molecule has 9 rings (SSSR count). The van der Waals surface area contributed by atoms with E-state index in [2.05, 4.69) is 40.7 Å². The third-order valence-electron chi connectivity index (χ3n) is 21.1. The number of esters is 1. The highest BCUT2D eigenvalue weighted by Crippen LogP contribution is 2.76. The third kappa shape index (κ3) is 9.50. The molecule has 0 amide bonds. The van der Waals surface area contributed by atoms with Gasteiger partial charge < -0.3 is 104 Å². The van der Waals surface area contributed by atoms with Gasteiger partial charge in [-0.1, -0.05) is 53.2 Å². The van der Waals surface area contributed by atoms with E-state index >= 15 is 4.79 Å². The second-order valence-electron chi connectivity index (χ2n) is 25.7. The zero-order valence-corrected chi connectivity index (χ0v) is 44.2. The van der Waals surface area contributed by atoms with E-state index in [9.17, 15) is 66.4 Å². The Hall–Kier alpha value is -1.59. The maximum atomic E-state index is 15.1. The van der Waals surface area contributed by atoms with E-state index in [1.54, 1.807) is 0 Å². The standard InChI is InChI=1S/C53H86O22/c1-23-32(57)35(60)39(64)45(70-23)74-42-27(19-54)71-43(41(66)37(42)62)69-21-28-34(59)36(61)40(65)46(72-28)75-47(67)53-16-14-48(2,3)18-25(53)24-8-9-30-49(4)12-11-31(73-44-38(63)33(58)26(56)20-68-44)50(5,22-55)29(49)10-13-52(30,7)51(24,6)15-17-53/h8,23,25-46,54-66H,9-22H2,1-7H3/t23-,25-,26-,27+,28+,29?,30?,31-,32-,33-,34+,35+,36-,37+,38+,39+,40+,41+,42+,43?,44?,45-,46-,49-,50-,51?,52+,53-/m0/s1. The second-order valence-corrected chi connectivity index (χ2v) is 25.7. The quantitative estimate of drug-likeness (QED) is 0.0643. The topological polar surface area (TPSA) is 354 Å². The van der Waals surface area contributed by atoms with Crippen molar-refractivity contribution >= 4 is 5.97 Å². The van der Waals surface area contributed by atoms with Gasteiger partial charge >= 0.3 is 5.97 Å². The summed E-state index contributed by atoms with van der Waals surface area (Å²) in [7, 11) is 0. The van der Waals surface area contributed by atoms with Crippen LogP contribution in [0.2, 0.25) is 0 Å². The summed E-state index contributed by atoms with van der Waals surface area (Å²) in [5.41, 5.74) is -1.46. The maximum absolute atomic E-state index is 15.1. The van der Waals surface area contributed by atoms with Gasteiger partial charge in [0.2, 0.25) is 6.29 Å². The van der Waals surface area contributed by atoms with Gasteiger partial charge in [0.05, 0.1) is 44.1 Å². The molecule has 13 N–H and O–H groups in total. The van der Waals surface area contributed by atoms with Crippen molar-refractivity contribution in [3.05, 3.63) is 11.6 Å². The van der Waals surface area contributed by atoms with Crippen LogP contribution in [0.1, 0.15) is 113 Å². The van der Waals surface area contributed by atoms with Crippen molar-refractivity contribution in [1.29, 1.82) is 0 Å². The van der Waals surface area contributed by atoms with Crippen LogP contribution in [0.25, 0.3) is 0 Å². The van der Waals surface area contributed by atoms with Crippen molar-refractivity contribution in [2.75, 3.05) is 26.4 Å². The van der Waals surface area contributed by atoms with Crippen LogP contribution < -0.4 is 0 Å². The Morgan fingerprint density at radius 2 is 1.28 bits per heavy atom. The van der Waals surface area contributed by atoms with Crippen LogP contribution in [0.3, 0.4) is 0 Å². The lowest BCUT2D eigenvalue weighted by Crippen LogP contribution is -2.67. The van der Waals surface area contributed by atoms with Crippen molar-refractivity contribution < 1.29 is 109 Å². The Morgan fingerprint density at radius 3 is 1.97 bits per heavy atom.